The van der Waals surface area contributed by atoms with Gasteiger partial charge >= 0.3 is 0 Å². The largest absolute Gasteiger partial charge is 0.421 e. The molecule has 0 aliphatic rings. The molecule has 0 fully saturated rings. The lowest BCUT2D eigenvalue weighted by Gasteiger charge is -2.36. The maximum absolute atomic E-state index is 6.33. The van der Waals surface area contributed by atoms with Gasteiger partial charge in [0.2, 0.25) is 0 Å². The van der Waals surface area contributed by atoms with Gasteiger partial charge in [-0.05, 0) is 125 Å². The van der Waals surface area contributed by atoms with Crippen molar-refractivity contribution in [1.82, 2.24) is 14.7 Å². The molecule has 1 unspecified atom stereocenters. The van der Waals surface area contributed by atoms with Gasteiger partial charge in [-0.25, -0.2) is 0 Å². The third-order valence-corrected chi connectivity index (χ3v) is 7.74. The number of hydrogen-bond acceptors (Lipinski definition) is 4. The highest BCUT2D eigenvalue weighted by Gasteiger charge is 2.29. The molecule has 0 aromatic heterocycles. The predicted octanol–water partition coefficient (Wildman–Crippen LogP) is 3.71. The molecule has 27 heavy (non-hydrogen) atoms. The molecule has 5 heteroatoms. The molecule has 0 amide bonds. The molecule has 0 heterocycles. The summed E-state index contributed by atoms with van der Waals surface area (Å²) in [6.07, 6.45) is 10.9. The monoisotopic (exact) mass is 401 g/mol. The van der Waals surface area contributed by atoms with Gasteiger partial charge < -0.3 is 19.1 Å². The van der Waals surface area contributed by atoms with Gasteiger partial charge in [-0.1, -0.05) is 13.3 Å². The SMILES string of the molecule is CCCC(C)O[SiH2]CC(CCCN(C)C)(CCCN(C)C)CCCN(C)C. The van der Waals surface area contributed by atoms with Crippen LogP contribution in [0.1, 0.15) is 65.2 Å². The van der Waals surface area contributed by atoms with Gasteiger partial charge in [-0.15, -0.1) is 0 Å². The molecule has 0 N–H and O–H groups in total. The van der Waals surface area contributed by atoms with E-state index in [-0.39, 0.29) is 0 Å². The molecule has 0 spiro atoms. The highest BCUT2D eigenvalue weighted by Crippen LogP contribution is 2.39. The molecule has 0 bridgehead atoms. The Morgan fingerprint density at radius 2 is 1.19 bits per heavy atom. The zero-order valence-electron chi connectivity index (χ0n) is 20.0. The van der Waals surface area contributed by atoms with E-state index in [1.807, 2.05) is 0 Å². The Morgan fingerprint density at radius 1 is 0.778 bits per heavy atom. The Balaban J connectivity index is 4.91. The van der Waals surface area contributed by atoms with Crippen LogP contribution in [0.2, 0.25) is 6.04 Å². The molecule has 0 aromatic rings. The van der Waals surface area contributed by atoms with Crippen LogP contribution >= 0.6 is 0 Å². The normalized spacial score (nSPS) is 14.3. The second kappa shape index (κ2) is 15.9. The molecule has 0 aromatic carbocycles. The van der Waals surface area contributed by atoms with E-state index >= 15 is 0 Å². The first-order chi connectivity index (χ1) is 12.7. The third kappa shape index (κ3) is 15.6. The van der Waals surface area contributed by atoms with E-state index in [0.717, 1.165) is 0 Å². The maximum Gasteiger partial charge on any atom is 0.162 e. The Hall–Kier alpha value is 0.0569. The van der Waals surface area contributed by atoms with Crippen molar-refractivity contribution in [3.63, 3.8) is 0 Å². The molecule has 0 radical (unpaired) electrons. The van der Waals surface area contributed by atoms with Gasteiger partial charge in [0.15, 0.2) is 9.76 Å². The Labute approximate surface area is 173 Å². The quantitative estimate of drug-likeness (QED) is 0.326. The third-order valence-electron chi connectivity index (χ3n) is 5.67. The summed E-state index contributed by atoms with van der Waals surface area (Å²) in [5, 5.41) is 0. The predicted molar refractivity (Wildman–Crippen MR) is 125 cm³/mol. The van der Waals surface area contributed by atoms with Crippen molar-refractivity contribution < 1.29 is 4.43 Å². The van der Waals surface area contributed by atoms with E-state index in [2.05, 4.69) is 70.8 Å². The van der Waals surface area contributed by atoms with Crippen molar-refractivity contribution in [2.24, 2.45) is 5.41 Å². The van der Waals surface area contributed by atoms with E-state index in [9.17, 15) is 0 Å². The van der Waals surface area contributed by atoms with Gasteiger partial charge in [-0.3, -0.25) is 0 Å². The molecular formula is C22H51N3OSi. The van der Waals surface area contributed by atoms with E-state index < -0.39 is 9.76 Å². The lowest BCUT2D eigenvalue weighted by atomic mass is 9.76. The fraction of sp³-hybridized carbons (Fsp3) is 1.00. The van der Waals surface area contributed by atoms with Crippen molar-refractivity contribution in [2.45, 2.75) is 77.4 Å². The van der Waals surface area contributed by atoms with Gasteiger partial charge in [0.1, 0.15) is 0 Å². The van der Waals surface area contributed by atoms with Crippen molar-refractivity contribution in [2.75, 3.05) is 61.9 Å². The van der Waals surface area contributed by atoms with E-state index in [0.29, 0.717) is 11.5 Å². The first-order valence-corrected chi connectivity index (χ1v) is 12.8. The van der Waals surface area contributed by atoms with Crippen LogP contribution in [0, 0.1) is 5.41 Å². The summed E-state index contributed by atoms with van der Waals surface area (Å²) in [7, 11) is 12.7. The van der Waals surface area contributed by atoms with E-state index in [4.69, 9.17) is 4.43 Å². The minimum atomic E-state index is -0.443. The highest BCUT2D eigenvalue weighted by atomic mass is 28.2. The van der Waals surface area contributed by atoms with Crippen LogP contribution in [0.5, 0.6) is 0 Å². The molecule has 0 saturated carbocycles. The molecule has 164 valence electrons. The van der Waals surface area contributed by atoms with Gasteiger partial charge in [-0.2, -0.15) is 0 Å². The van der Waals surface area contributed by atoms with E-state index in [1.165, 1.54) is 77.0 Å². The molecule has 4 nitrogen and oxygen atoms in total. The summed E-state index contributed by atoms with van der Waals surface area (Å²) >= 11 is 0. The molecule has 0 aliphatic heterocycles. The van der Waals surface area contributed by atoms with Crippen molar-refractivity contribution in [3.05, 3.63) is 0 Å². The second-order valence-electron chi connectivity index (χ2n) is 9.44. The zero-order chi connectivity index (χ0) is 20.7. The summed E-state index contributed by atoms with van der Waals surface area (Å²) in [6.45, 7) is 8.14. The minimum Gasteiger partial charge on any atom is -0.421 e. The van der Waals surface area contributed by atoms with Crippen LogP contribution in [0.25, 0.3) is 0 Å². The van der Waals surface area contributed by atoms with Gasteiger partial charge in [0.25, 0.3) is 0 Å². The molecule has 0 rings (SSSR count). The maximum atomic E-state index is 6.33. The lowest BCUT2D eigenvalue weighted by molar-refractivity contribution is 0.179. The number of rotatable bonds is 18. The molecule has 1 atom stereocenters. The average Bonchev–Trinajstić information content (AvgIpc) is 2.54. The van der Waals surface area contributed by atoms with Gasteiger partial charge in [0.05, 0.1) is 0 Å². The summed E-state index contributed by atoms with van der Waals surface area (Å²) < 4.78 is 6.33. The topological polar surface area (TPSA) is 19.0 Å². The number of hydrogen-bond donors (Lipinski definition) is 0. The van der Waals surface area contributed by atoms with Gasteiger partial charge in [0, 0.05) is 6.10 Å². The summed E-state index contributed by atoms with van der Waals surface area (Å²) in [5.41, 5.74) is 0.500. The van der Waals surface area contributed by atoms with Crippen LogP contribution in [-0.4, -0.2) is 92.5 Å². The molecule has 0 saturated heterocycles. The average molecular weight is 402 g/mol. The van der Waals surface area contributed by atoms with Crippen LogP contribution in [0.3, 0.4) is 0 Å². The van der Waals surface area contributed by atoms with Crippen molar-refractivity contribution in [1.29, 1.82) is 0 Å². The fourth-order valence-corrected chi connectivity index (χ4v) is 5.90. The molecule has 0 aliphatic carbocycles. The van der Waals surface area contributed by atoms with Crippen molar-refractivity contribution in [3.8, 4) is 0 Å². The van der Waals surface area contributed by atoms with Crippen LogP contribution < -0.4 is 0 Å². The zero-order valence-corrected chi connectivity index (χ0v) is 21.4. The van der Waals surface area contributed by atoms with Crippen LogP contribution in [0.4, 0.5) is 0 Å². The lowest BCUT2D eigenvalue weighted by Crippen LogP contribution is -2.29. The number of nitrogens with zero attached hydrogens (tertiary/aromatic N) is 3. The Morgan fingerprint density at radius 3 is 1.52 bits per heavy atom. The fourth-order valence-electron chi connectivity index (χ4n) is 4.03. The standard InChI is InChI=1S/C22H51N3OSi/c1-9-13-21(2)26-27-20-22(14-10-17-23(3)4,15-11-18-24(5)6)16-12-19-25(7)8/h21H,9-20,27H2,1-8H3. The smallest absolute Gasteiger partial charge is 0.162 e. The summed E-state index contributed by atoms with van der Waals surface area (Å²) in [6, 6.07) is 1.36. The second-order valence-corrected chi connectivity index (χ2v) is 10.7. The van der Waals surface area contributed by atoms with E-state index in [1.54, 1.807) is 0 Å². The Bertz CT molecular complexity index is 301. The minimum absolute atomic E-state index is 0.443. The van der Waals surface area contributed by atoms with Crippen molar-refractivity contribution >= 4 is 9.76 Å². The Kier molecular flexibility index (Phi) is 16.0. The van der Waals surface area contributed by atoms with Crippen LogP contribution in [-0.2, 0) is 4.43 Å². The molecular weight excluding hydrogens is 350 g/mol. The first kappa shape index (κ1) is 27.1. The summed E-state index contributed by atoms with van der Waals surface area (Å²) in [5.74, 6) is 0. The van der Waals surface area contributed by atoms with Crippen LogP contribution in [0.15, 0.2) is 0 Å². The first-order valence-electron chi connectivity index (χ1n) is 11.3. The highest BCUT2D eigenvalue weighted by molar-refractivity contribution is 6.27. The summed E-state index contributed by atoms with van der Waals surface area (Å²) in [4.78, 5) is 7.00.